The average molecular weight is 235 g/mol. The van der Waals surface area contributed by atoms with Gasteiger partial charge in [-0.25, -0.2) is 4.39 Å². The Balaban J connectivity index is 2.05. The summed E-state index contributed by atoms with van der Waals surface area (Å²) in [5.74, 6) is -1.03. The molecule has 1 aromatic carbocycles. The molecule has 1 aliphatic carbocycles. The molecule has 2 rings (SSSR count). The number of hydrogen-bond donors (Lipinski definition) is 2. The van der Waals surface area contributed by atoms with Crippen LogP contribution in [0.2, 0.25) is 0 Å². The third kappa shape index (κ3) is 2.84. The van der Waals surface area contributed by atoms with E-state index >= 15 is 0 Å². The van der Waals surface area contributed by atoms with Gasteiger partial charge in [0.25, 0.3) is 0 Å². The Morgan fingerprint density at radius 2 is 2.24 bits per heavy atom. The molecule has 2 N–H and O–H groups in total. The molecule has 90 valence electrons. The Bertz CT molecular complexity index is 457. The van der Waals surface area contributed by atoms with Crippen LogP contribution in [0.4, 0.5) is 10.1 Å². The monoisotopic (exact) mass is 235 g/mol. The number of benzene rings is 1. The van der Waals surface area contributed by atoms with Gasteiger partial charge < -0.3 is 10.4 Å². The van der Waals surface area contributed by atoms with Gasteiger partial charge in [-0.05, 0) is 31.4 Å². The van der Waals surface area contributed by atoms with Crippen LogP contribution in [0.25, 0.3) is 0 Å². The van der Waals surface area contributed by atoms with Crippen LogP contribution in [0.3, 0.4) is 0 Å². The molecule has 0 bridgehead atoms. The number of carbonyl (C=O) groups excluding carboxylic acids is 1. The van der Waals surface area contributed by atoms with Gasteiger partial charge in [-0.1, -0.05) is 12.2 Å². The summed E-state index contributed by atoms with van der Waals surface area (Å²) in [6.07, 6.45) is 6.40. The summed E-state index contributed by atoms with van der Waals surface area (Å²) in [7, 11) is 0. The van der Waals surface area contributed by atoms with E-state index in [1.165, 1.54) is 12.1 Å². The van der Waals surface area contributed by atoms with Gasteiger partial charge in [0.15, 0.2) is 0 Å². The minimum Gasteiger partial charge on any atom is -0.508 e. The lowest BCUT2D eigenvalue weighted by Gasteiger charge is -2.17. The van der Waals surface area contributed by atoms with Crippen LogP contribution in [0.1, 0.15) is 19.3 Å². The van der Waals surface area contributed by atoms with Crippen molar-refractivity contribution >= 4 is 11.6 Å². The highest BCUT2D eigenvalue weighted by atomic mass is 19.1. The first-order chi connectivity index (χ1) is 8.16. The van der Waals surface area contributed by atoms with E-state index in [1.54, 1.807) is 0 Å². The first kappa shape index (κ1) is 11.6. The van der Waals surface area contributed by atoms with Crippen LogP contribution in [-0.2, 0) is 4.79 Å². The number of halogens is 1. The van der Waals surface area contributed by atoms with Gasteiger partial charge in [0.2, 0.25) is 5.91 Å². The molecule has 1 atom stereocenters. The third-order valence-corrected chi connectivity index (χ3v) is 2.85. The number of phenols is 1. The Hall–Kier alpha value is -1.84. The third-order valence-electron chi connectivity index (χ3n) is 2.85. The van der Waals surface area contributed by atoms with Crippen molar-refractivity contribution in [3.63, 3.8) is 0 Å². The molecule has 0 saturated heterocycles. The molecule has 0 radical (unpaired) electrons. The second-order valence-corrected chi connectivity index (χ2v) is 4.13. The van der Waals surface area contributed by atoms with Crippen LogP contribution in [-0.4, -0.2) is 11.0 Å². The quantitative estimate of drug-likeness (QED) is 0.611. The zero-order valence-corrected chi connectivity index (χ0v) is 9.32. The molecular weight excluding hydrogens is 221 g/mol. The number of rotatable bonds is 2. The first-order valence-corrected chi connectivity index (χ1v) is 5.61. The Morgan fingerprint density at radius 3 is 2.88 bits per heavy atom. The number of hydrogen-bond acceptors (Lipinski definition) is 2. The molecule has 4 heteroatoms. The van der Waals surface area contributed by atoms with E-state index in [1.807, 2.05) is 12.2 Å². The maximum atomic E-state index is 13.4. The maximum Gasteiger partial charge on any atom is 0.227 e. The molecule has 0 heterocycles. The van der Waals surface area contributed by atoms with Gasteiger partial charge in [-0.15, -0.1) is 0 Å². The van der Waals surface area contributed by atoms with E-state index < -0.39 is 5.82 Å². The second kappa shape index (κ2) is 4.99. The Kier molecular flexibility index (Phi) is 3.42. The smallest absolute Gasteiger partial charge is 0.227 e. The fourth-order valence-corrected chi connectivity index (χ4v) is 1.87. The predicted octanol–water partition coefficient (Wildman–Crippen LogP) is 2.83. The van der Waals surface area contributed by atoms with Crippen molar-refractivity contribution in [2.45, 2.75) is 19.3 Å². The van der Waals surface area contributed by atoms with Gasteiger partial charge >= 0.3 is 0 Å². The molecule has 0 fully saturated rings. The standard InChI is InChI=1S/C13H14FNO2/c14-11-8-10(16)6-7-12(11)15-13(17)9-4-2-1-3-5-9/h1-2,6-9,16H,3-5H2,(H,15,17). The molecule has 1 amide bonds. The van der Waals surface area contributed by atoms with Gasteiger partial charge in [-0.3, -0.25) is 4.79 Å². The zero-order valence-electron chi connectivity index (χ0n) is 9.32. The molecule has 1 aliphatic rings. The van der Waals surface area contributed by atoms with Crippen LogP contribution >= 0.6 is 0 Å². The van der Waals surface area contributed by atoms with Crippen LogP contribution in [0.15, 0.2) is 30.4 Å². The van der Waals surface area contributed by atoms with Crippen molar-refractivity contribution in [2.24, 2.45) is 5.92 Å². The van der Waals surface area contributed by atoms with Gasteiger partial charge in [0.05, 0.1) is 5.69 Å². The molecule has 17 heavy (non-hydrogen) atoms. The fraction of sp³-hybridized carbons (Fsp3) is 0.308. The van der Waals surface area contributed by atoms with Crippen molar-refractivity contribution in [2.75, 3.05) is 5.32 Å². The van der Waals surface area contributed by atoms with Gasteiger partial charge in [0.1, 0.15) is 11.6 Å². The molecule has 0 aliphatic heterocycles. The summed E-state index contributed by atoms with van der Waals surface area (Å²) in [6.45, 7) is 0. The van der Waals surface area contributed by atoms with Crippen molar-refractivity contribution in [3.8, 4) is 5.75 Å². The average Bonchev–Trinajstić information content (AvgIpc) is 2.34. The molecule has 1 unspecified atom stereocenters. The minimum absolute atomic E-state index is 0.0896. The lowest BCUT2D eigenvalue weighted by molar-refractivity contribution is -0.120. The largest absolute Gasteiger partial charge is 0.508 e. The van der Waals surface area contributed by atoms with E-state index in [2.05, 4.69) is 5.32 Å². The van der Waals surface area contributed by atoms with E-state index in [0.29, 0.717) is 6.42 Å². The van der Waals surface area contributed by atoms with E-state index in [-0.39, 0.29) is 23.3 Å². The van der Waals surface area contributed by atoms with Crippen LogP contribution in [0, 0.1) is 11.7 Å². The van der Waals surface area contributed by atoms with Gasteiger partial charge in [0, 0.05) is 12.0 Å². The summed E-state index contributed by atoms with van der Waals surface area (Å²) in [4.78, 5) is 11.8. The molecule has 1 aromatic rings. The molecule has 3 nitrogen and oxygen atoms in total. The number of aromatic hydroxyl groups is 1. The zero-order chi connectivity index (χ0) is 12.3. The normalized spacial score (nSPS) is 19.0. The number of carbonyl (C=O) groups is 1. The van der Waals surface area contributed by atoms with E-state index in [0.717, 1.165) is 18.9 Å². The Labute approximate surface area is 99.0 Å². The summed E-state index contributed by atoms with van der Waals surface area (Å²) in [6, 6.07) is 3.69. The highest BCUT2D eigenvalue weighted by Gasteiger charge is 2.19. The molecular formula is C13H14FNO2. The summed E-state index contributed by atoms with van der Waals surface area (Å²) in [5, 5.41) is 11.6. The highest BCUT2D eigenvalue weighted by molar-refractivity contribution is 5.92. The number of phenolic OH excluding ortho intramolecular Hbond substituents is 1. The van der Waals surface area contributed by atoms with Crippen molar-refractivity contribution in [1.82, 2.24) is 0 Å². The second-order valence-electron chi connectivity index (χ2n) is 4.13. The number of allylic oxidation sites excluding steroid dienone is 2. The van der Waals surface area contributed by atoms with Crippen molar-refractivity contribution in [1.29, 1.82) is 0 Å². The lowest BCUT2D eigenvalue weighted by atomic mass is 9.93. The molecule has 0 spiro atoms. The molecule has 0 aromatic heterocycles. The molecule has 0 saturated carbocycles. The SMILES string of the molecule is O=C(Nc1ccc(O)cc1F)C1CC=CCC1. The first-order valence-electron chi connectivity index (χ1n) is 5.61. The highest BCUT2D eigenvalue weighted by Crippen LogP contribution is 2.23. The van der Waals surface area contributed by atoms with Crippen molar-refractivity contribution in [3.05, 3.63) is 36.2 Å². The summed E-state index contributed by atoms with van der Waals surface area (Å²) in [5.41, 5.74) is 0.113. The topological polar surface area (TPSA) is 49.3 Å². The minimum atomic E-state index is -0.621. The van der Waals surface area contributed by atoms with E-state index in [4.69, 9.17) is 5.11 Å². The Morgan fingerprint density at radius 1 is 1.41 bits per heavy atom. The summed E-state index contributed by atoms with van der Waals surface area (Å²) >= 11 is 0. The van der Waals surface area contributed by atoms with E-state index in [9.17, 15) is 9.18 Å². The number of anilines is 1. The van der Waals surface area contributed by atoms with Crippen LogP contribution in [0.5, 0.6) is 5.75 Å². The number of nitrogens with one attached hydrogen (secondary N) is 1. The summed E-state index contributed by atoms with van der Waals surface area (Å²) < 4.78 is 13.4. The lowest BCUT2D eigenvalue weighted by Crippen LogP contribution is -2.23. The van der Waals surface area contributed by atoms with Gasteiger partial charge in [-0.2, -0.15) is 0 Å². The van der Waals surface area contributed by atoms with Crippen LogP contribution < -0.4 is 5.32 Å². The number of amides is 1. The predicted molar refractivity (Wildman–Crippen MR) is 63.2 cm³/mol. The maximum absolute atomic E-state index is 13.4. The van der Waals surface area contributed by atoms with Crippen molar-refractivity contribution < 1.29 is 14.3 Å². The fourth-order valence-electron chi connectivity index (χ4n) is 1.87.